The molecule has 5 nitrogen and oxygen atoms in total. The first kappa shape index (κ1) is 5.96. The van der Waals surface area contributed by atoms with Crippen molar-refractivity contribution in [1.29, 1.82) is 0 Å². The van der Waals surface area contributed by atoms with Gasteiger partial charge < -0.3 is 11.5 Å². The Kier molecular flexibility index (Phi) is 1.00. The number of nitrogens with two attached hydrogens (primary N) is 2. The first-order valence-corrected chi connectivity index (χ1v) is 3.12. The van der Waals surface area contributed by atoms with Crippen molar-refractivity contribution in [2.24, 2.45) is 0 Å². The van der Waals surface area contributed by atoms with Crippen LogP contribution in [-0.4, -0.2) is 14.6 Å². The molecule has 0 bridgehead atoms. The van der Waals surface area contributed by atoms with Gasteiger partial charge in [-0.3, -0.25) is 0 Å². The maximum absolute atomic E-state index is 5.52. The molecule has 0 saturated heterocycles. The number of fused-ring (bicyclic) bond motifs is 1. The quantitative estimate of drug-likeness (QED) is 0.547. The largest absolute Gasteiger partial charge is 0.397 e. The number of hydrogen-bond acceptors (Lipinski definition) is 4. The zero-order chi connectivity index (χ0) is 7.84. The minimum Gasteiger partial charge on any atom is -0.397 e. The second-order valence-corrected chi connectivity index (χ2v) is 2.24. The maximum Gasteiger partial charge on any atom is 0.157 e. The van der Waals surface area contributed by atoms with Gasteiger partial charge in [-0.2, -0.15) is 9.61 Å². The highest BCUT2D eigenvalue weighted by molar-refractivity contribution is 5.53. The molecule has 2 heterocycles. The molecule has 2 aromatic rings. The Morgan fingerprint density at radius 1 is 1.27 bits per heavy atom. The Bertz CT molecular complexity index is 391. The summed E-state index contributed by atoms with van der Waals surface area (Å²) in [7, 11) is 0. The molecule has 2 rings (SSSR count). The maximum atomic E-state index is 5.52. The number of hydrogen-bond donors (Lipinski definition) is 2. The fourth-order valence-corrected chi connectivity index (χ4v) is 0.909. The zero-order valence-corrected chi connectivity index (χ0v) is 5.73. The van der Waals surface area contributed by atoms with Gasteiger partial charge in [-0.15, -0.1) is 0 Å². The van der Waals surface area contributed by atoms with Crippen molar-refractivity contribution >= 4 is 17.2 Å². The summed E-state index contributed by atoms with van der Waals surface area (Å²) < 4.78 is 1.52. The molecule has 0 aliphatic rings. The van der Waals surface area contributed by atoms with E-state index in [-0.39, 0.29) is 0 Å². The highest BCUT2D eigenvalue weighted by Crippen LogP contribution is 2.08. The second-order valence-electron chi connectivity index (χ2n) is 2.24. The Morgan fingerprint density at radius 3 is 2.91 bits per heavy atom. The van der Waals surface area contributed by atoms with Crippen LogP contribution in [-0.2, 0) is 0 Å². The molecule has 0 spiro atoms. The standard InChI is InChI=1S/C6H7N5/c7-4-1-6-9-3-5(8)11(6)10-2-4/h1-3H,7-8H2. The van der Waals surface area contributed by atoms with E-state index in [0.29, 0.717) is 17.2 Å². The Morgan fingerprint density at radius 2 is 2.09 bits per heavy atom. The number of imidazole rings is 1. The summed E-state index contributed by atoms with van der Waals surface area (Å²) in [6.45, 7) is 0. The molecule has 0 amide bonds. The van der Waals surface area contributed by atoms with Gasteiger partial charge in [0.05, 0.1) is 18.1 Å². The fraction of sp³-hybridized carbons (Fsp3) is 0. The average molecular weight is 149 g/mol. The molecule has 0 aliphatic heterocycles. The highest BCUT2D eigenvalue weighted by atomic mass is 15.3. The monoisotopic (exact) mass is 149 g/mol. The Hall–Kier alpha value is -1.78. The minimum absolute atomic E-state index is 0.514. The molecule has 0 aliphatic carbocycles. The summed E-state index contributed by atoms with van der Waals surface area (Å²) in [5.41, 5.74) is 12.3. The van der Waals surface area contributed by atoms with E-state index in [4.69, 9.17) is 11.5 Å². The summed E-state index contributed by atoms with van der Waals surface area (Å²) in [6, 6.07) is 1.71. The van der Waals surface area contributed by atoms with Crippen molar-refractivity contribution in [3.8, 4) is 0 Å². The van der Waals surface area contributed by atoms with Gasteiger partial charge in [0.25, 0.3) is 0 Å². The molecule has 0 atom stereocenters. The van der Waals surface area contributed by atoms with Gasteiger partial charge in [-0.25, -0.2) is 4.98 Å². The molecular formula is C6H7N5. The lowest BCUT2D eigenvalue weighted by molar-refractivity contribution is 0.948. The van der Waals surface area contributed by atoms with Crippen LogP contribution in [0.2, 0.25) is 0 Å². The van der Waals surface area contributed by atoms with E-state index in [1.165, 1.54) is 10.7 Å². The Labute approximate surface area is 62.6 Å². The van der Waals surface area contributed by atoms with E-state index < -0.39 is 0 Å². The van der Waals surface area contributed by atoms with Crippen molar-refractivity contribution < 1.29 is 0 Å². The molecule has 0 saturated carbocycles. The number of anilines is 2. The highest BCUT2D eigenvalue weighted by Gasteiger charge is 1.98. The van der Waals surface area contributed by atoms with Crippen LogP contribution in [0.25, 0.3) is 5.65 Å². The van der Waals surface area contributed by atoms with Crippen LogP contribution in [0, 0.1) is 0 Å². The van der Waals surface area contributed by atoms with Crippen LogP contribution in [0.1, 0.15) is 0 Å². The molecule has 2 aromatic heterocycles. The summed E-state index contributed by atoms with van der Waals surface area (Å²) >= 11 is 0. The fourth-order valence-electron chi connectivity index (χ4n) is 0.909. The molecule has 56 valence electrons. The Balaban J connectivity index is 2.86. The number of aromatic nitrogens is 3. The third-order valence-corrected chi connectivity index (χ3v) is 1.41. The van der Waals surface area contributed by atoms with Gasteiger partial charge >= 0.3 is 0 Å². The number of nitrogens with zero attached hydrogens (tertiary/aromatic N) is 3. The van der Waals surface area contributed by atoms with Crippen molar-refractivity contribution in [3.05, 3.63) is 18.5 Å². The van der Waals surface area contributed by atoms with E-state index in [9.17, 15) is 0 Å². The van der Waals surface area contributed by atoms with Crippen molar-refractivity contribution in [2.75, 3.05) is 11.5 Å². The smallest absolute Gasteiger partial charge is 0.157 e. The summed E-state index contributed by atoms with van der Waals surface area (Å²) in [4.78, 5) is 3.97. The zero-order valence-electron chi connectivity index (χ0n) is 5.73. The normalized spacial score (nSPS) is 10.5. The van der Waals surface area contributed by atoms with Gasteiger partial charge in [-0.1, -0.05) is 0 Å². The predicted molar refractivity (Wildman–Crippen MR) is 41.8 cm³/mol. The van der Waals surface area contributed by atoms with Crippen molar-refractivity contribution in [1.82, 2.24) is 14.6 Å². The number of rotatable bonds is 0. The molecular weight excluding hydrogens is 142 g/mol. The van der Waals surface area contributed by atoms with Crippen LogP contribution in [0.3, 0.4) is 0 Å². The van der Waals surface area contributed by atoms with E-state index in [0.717, 1.165) is 0 Å². The lowest BCUT2D eigenvalue weighted by Crippen LogP contribution is -1.97. The van der Waals surface area contributed by atoms with Gasteiger partial charge in [0, 0.05) is 6.07 Å². The molecule has 0 unspecified atom stereocenters. The average Bonchev–Trinajstić information content (AvgIpc) is 2.32. The first-order chi connectivity index (χ1) is 5.27. The molecule has 11 heavy (non-hydrogen) atoms. The molecule has 0 radical (unpaired) electrons. The van der Waals surface area contributed by atoms with Crippen molar-refractivity contribution in [3.63, 3.8) is 0 Å². The topological polar surface area (TPSA) is 82.2 Å². The number of nitrogen functional groups attached to an aromatic ring is 2. The van der Waals surface area contributed by atoms with E-state index >= 15 is 0 Å². The molecule has 0 aromatic carbocycles. The van der Waals surface area contributed by atoms with Gasteiger partial charge in [0.2, 0.25) is 0 Å². The SMILES string of the molecule is Nc1cnn2c(N)cnc2c1. The summed E-state index contributed by atoms with van der Waals surface area (Å²) in [5.74, 6) is 0.514. The summed E-state index contributed by atoms with van der Waals surface area (Å²) in [5, 5.41) is 3.94. The molecule has 4 N–H and O–H groups in total. The predicted octanol–water partition coefficient (Wildman–Crippen LogP) is -0.106. The van der Waals surface area contributed by atoms with E-state index in [1.54, 1.807) is 12.3 Å². The molecule has 5 heteroatoms. The lowest BCUT2D eigenvalue weighted by atomic mass is 10.5. The first-order valence-electron chi connectivity index (χ1n) is 3.12. The third-order valence-electron chi connectivity index (χ3n) is 1.41. The second kappa shape index (κ2) is 1.85. The van der Waals surface area contributed by atoms with Crippen LogP contribution < -0.4 is 11.5 Å². The van der Waals surface area contributed by atoms with Crippen LogP contribution in [0.4, 0.5) is 11.5 Å². The van der Waals surface area contributed by atoms with E-state index in [1.807, 2.05) is 0 Å². The van der Waals surface area contributed by atoms with Gasteiger partial charge in [0.1, 0.15) is 5.82 Å². The van der Waals surface area contributed by atoms with Crippen LogP contribution in [0.5, 0.6) is 0 Å². The van der Waals surface area contributed by atoms with Crippen molar-refractivity contribution in [2.45, 2.75) is 0 Å². The van der Waals surface area contributed by atoms with Crippen LogP contribution in [0.15, 0.2) is 18.5 Å². The van der Waals surface area contributed by atoms with Crippen LogP contribution >= 0.6 is 0 Å². The summed E-state index contributed by atoms with van der Waals surface area (Å²) in [6.07, 6.45) is 3.08. The lowest BCUT2D eigenvalue weighted by Gasteiger charge is -1.94. The van der Waals surface area contributed by atoms with E-state index in [2.05, 4.69) is 10.1 Å². The third kappa shape index (κ3) is 0.778. The minimum atomic E-state index is 0.514. The van der Waals surface area contributed by atoms with Gasteiger partial charge in [-0.05, 0) is 0 Å². The molecule has 0 fully saturated rings. The van der Waals surface area contributed by atoms with Gasteiger partial charge in [0.15, 0.2) is 5.65 Å².